The number of nitrogens with one attached hydrogen (secondary N) is 1. The molecule has 1 aromatic carbocycles. The van der Waals surface area contributed by atoms with Crippen LogP contribution in [0.3, 0.4) is 0 Å². The first-order valence-corrected chi connectivity index (χ1v) is 3.54. The molecule has 0 heterocycles. The van der Waals surface area contributed by atoms with E-state index < -0.39 is 0 Å². The fourth-order valence-electron chi connectivity index (χ4n) is 0.877. The Bertz CT molecular complexity index is 236. The number of hydrogen-bond donors (Lipinski definition) is 1. The molecule has 0 saturated heterocycles. The van der Waals surface area contributed by atoms with Crippen molar-refractivity contribution in [3.05, 3.63) is 24.3 Å². The molecule has 1 N–H and O–H groups in total. The van der Waals surface area contributed by atoms with Crippen molar-refractivity contribution in [3.63, 3.8) is 0 Å². The maximum absolute atomic E-state index is 3.57. The minimum Gasteiger partial charge on any atom is -0.378 e. The summed E-state index contributed by atoms with van der Waals surface area (Å²) in [6.45, 7) is 3.57. The van der Waals surface area contributed by atoms with Crippen LogP contribution in [0.15, 0.2) is 24.3 Å². The van der Waals surface area contributed by atoms with Crippen LogP contribution in [0.25, 0.3) is 0 Å². The van der Waals surface area contributed by atoms with Crippen molar-refractivity contribution in [2.45, 2.75) is 0 Å². The van der Waals surface area contributed by atoms with Gasteiger partial charge in [-0.15, -0.1) is 0 Å². The summed E-state index contributed by atoms with van der Waals surface area (Å²) in [5, 5.41) is 0. The Morgan fingerprint density at radius 1 is 1.18 bits per heavy atom. The molecule has 1 aromatic rings. The van der Waals surface area contributed by atoms with Gasteiger partial charge in [-0.3, -0.25) is 0 Å². The third kappa shape index (κ3) is 1.80. The Morgan fingerprint density at radius 3 is 2.09 bits per heavy atom. The van der Waals surface area contributed by atoms with E-state index in [9.17, 15) is 0 Å². The highest BCUT2D eigenvalue weighted by Crippen LogP contribution is 2.11. The maximum Gasteiger partial charge on any atom is 0.203 e. The van der Waals surface area contributed by atoms with Gasteiger partial charge in [-0.2, -0.15) is 0 Å². The number of benzene rings is 1. The van der Waals surface area contributed by atoms with Gasteiger partial charge in [0.05, 0.1) is 0 Å². The largest absolute Gasteiger partial charge is 0.378 e. The summed E-state index contributed by atoms with van der Waals surface area (Å²) in [7, 11) is 4.04. The van der Waals surface area contributed by atoms with Gasteiger partial charge in [0.2, 0.25) is 5.69 Å². The molecular weight excluding hydrogens is 136 g/mol. The van der Waals surface area contributed by atoms with E-state index in [1.54, 1.807) is 0 Å². The van der Waals surface area contributed by atoms with E-state index in [-0.39, 0.29) is 0 Å². The summed E-state index contributed by atoms with van der Waals surface area (Å²) in [5.41, 5.74) is 2.24. The van der Waals surface area contributed by atoms with Crippen molar-refractivity contribution in [2.24, 2.45) is 0 Å². The Kier molecular flexibility index (Phi) is 2.26. The second-order valence-corrected chi connectivity index (χ2v) is 2.62. The smallest absolute Gasteiger partial charge is 0.203 e. The van der Waals surface area contributed by atoms with Gasteiger partial charge in [0.1, 0.15) is 6.72 Å². The van der Waals surface area contributed by atoms with Crippen molar-refractivity contribution in [1.29, 1.82) is 0 Å². The van der Waals surface area contributed by atoms with Gasteiger partial charge in [-0.1, -0.05) is 0 Å². The molecule has 0 saturated carbocycles. The standard InChI is InChI=1S/C9H12N2/c1-10-8-4-6-9(7-5-8)11(2)3/h4-7H,1H2,2-3H3/p+1. The zero-order valence-corrected chi connectivity index (χ0v) is 6.96. The van der Waals surface area contributed by atoms with E-state index in [1.165, 1.54) is 5.69 Å². The Hall–Kier alpha value is -1.31. The summed E-state index contributed by atoms with van der Waals surface area (Å²) in [5.74, 6) is 0. The summed E-state index contributed by atoms with van der Waals surface area (Å²) in [4.78, 5) is 4.89. The van der Waals surface area contributed by atoms with E-state index >= 15 is 0 Å². The molecule has 0 fully saturated rings. The van der Waals surface area contributed by atoms with Crippen LogP contribution in [0, 0.1) is 0 Å². The monoisotopic (exact) mass is 149 g/mol. The van der Waals surface area contributed by atoms with Crippen molar-refractivity contribution in [1.82, 2.24) is 0 Å². The molecule has 0 atom stereocenters. The van der Waals surface area contributed by atoms with Gasteiger partial charge in [-0.05, 0) is 12.1 Å². The summed E-state index contributed by atoms with van der Waals surface area (Å²) < 4.78 is 0. The van der Waals surface area contributed by atoms with Gasteiger partial charge >= 0.3 is 0 Å². The molecule has 0 aliphatic rings. The van der Waals surface area contributed by atoms with Crippen LogP contribution in [0.4, 0.5) is 11.4 Å². The molecule has 2 nitrogen and oxygen atoms in total. The molecule has 0 aliphatic heterocycles. The highest BCUT2D eigenvalue weighted by Gasteiger charge is 1.95. The SMILES string of the molecule is C=[NH+]c1ccc(N(C)C)cc1. The van der Waals surface area contributed by atoms with Gasteiger partial charge in [0.15, 0.2) is 0 Å². The lowest BCUT2D eigenvalue weighted by molar-refractivity contribution is -0.342. The summed E-state index contributed by atoms with van der Waals surface area (Å²) in [6.07, 6.45) is 0. The summed E-state index contributed by atoms with van der Waals surface area (Å²) >= 11 is 0. The fraction of sp³-hybridized carbons (Fsp3) is 0.222. The van der Waals surface area contributed by atoms with Crippen molar-refractivity contribution >= 4 is 18.1 Å². The third-order valence-electron chi connectivity index (χ3n) is 1.59. The molecule has 0 radical (unpaired) electrons. The lowest BCUT2D eigenvalue weighted by Crippen LogP contribution is -2.57. The first-order valence-electron chi connectivity index (χ1n) is 3.54. The molecule has 0 aliphatic carbocycles. The molecule has 11 heavy (non-hydrogen) atoms. The van der Waals surface area contributed by atoms with Crippen LogP contribution >= 0.6 is 0 Å². The Balaban J connectivity index is 2.91. The second kappa shape index (κ2) is 3.19. The van der Waals surface area contributed by atoms with E-state index in [2.05, 4.69) is 16.6 Å². The zero-order valence-electron chi connectivity index (χ0n) is 6.96. The first kappa shape index (κ1) is 7.79. The number of nitrogens with zero attached hydrogens (tertiary/aromatic N) is 1. The number of anilines is 1. The molecule has 0 unspecified atom stereocenters. The van der Waals surface area contributed by atoms with Crippen molar-refractivity contribution in [3.8, 4) is 0 Å². The van der Waals surface area contributed by atoms with Crippen LogP contribution < -0.4 is 9.89 Å². The van der Waals surface area contributed by atoms with Gasteiger partial charge < -0.3 is 4.90 Å². The van der Waals surface area contributed by atoms with Gasteiger partial charge in [0, 0.05) is 31.9 Å². The van der Waals surface area contributed by atoms with Crippen molar-refractivity contribution < 1.29 is 4.99 Å². The predicted octanol–water partition coefficient (Wildman–Crippen LogP) is 0.165. The lowest BCUT2D eigenvalue weighted by atomic mass is 10.3. The molecule has 58 valence electrons. The van der Waals surface area contributed by atoms with E-state index in [1.807, 2.05) is 38.4 Å². The van der Waals surface area contributed by atoms with E-state index in [0.29, 0.717) is 0 Å². The van der Waals surface area contributed by atoms with E-state index in [0.717, 1.165) is 5.69 Å². The molecular formula is C9H13N2+. The van der Waals surface area contributed by atoms with E-state index in [4.69, 9.17) is 0 Å². The Labute approximate surface area is 67.2 Å². The number of rotatable bonds is 2. The highest BCUT2D eigenvalue weighted by molar-refractivity contribution is 5.49. The average Bonchev–Trinajstić information content (AvgIpc) is 2.05. The third-order valence-corrected chi connectivity index (χ3v) is 1.59. The zero-order chi connectivity index (χ0) is 8.27. The average molecular weight is 149 g/mol. The molecule has 2 heteroatoms. The quantitative estimate of drug-likeness (QED) is 0.593. The predicted molar refractivity (Wildman–Crippen MR) is 48.5 cm³/mol. The molecule has 1 rings (SSSR count). The molecule has 0 amide bonds. The van der Waals surface area contributed by atoms with Gasteiger partial charge in [-0.25, -0.2) is 4.99 Å². The minimum atomic E-state index is 1.04. The van der Waals surface area contributed by atoms with Crippen LogP contribution in [0.5, 0.6) is 0 Å². The van der Waals surface area contributed by atoms with Crippen LogP contribution in [-0.2, 0) is 0 Å². The molecule has 0 spiro atoms. The van der Waals surface area contributed by atoms with Crippen LogP contribution in [0.2, 0.25) is 0 Å². The van der Waals surface area contributed by atoms with Crippen LogP contribution in [-0.4, -0.2) is 20.8 Å². The molecule has 0 aromatic heterocycles. The maximum atomic E-state index is 3.57. The van der Waals surface area contributed by atoms with Crippen LogP contribution in [0.1, 0.15) is 0 Å². The van der Waals surface area contributed by atoms with Gasteiger partial charge in [0.25, 0.3) is 0 Å². The summed E-state index contributed by atoms with van der Waals surface area (Å²) in [6, 6.07) is 8.10. The lowest BCUT2D eigenvalue weighted by Gasteiger charge is -2.10. The highest BCUT2D eigenvalue weighted by atomic mass is 15.1. The first-order chi connectivity index (χ1) is 5.24. The Morgan fingerprint density at radius 2 is 1.73 bits per heavy atom. The molecule has 0 bridgehead atoms. The van der Waals surface area contributed by atoms with Crippen molar-refractivity contribution in [2.75, 3.05) is 19.0 Å². The number of hydrogen-bond acceptors (Lipinski definition) is 1. The fourth-order valence-corrected chi connectivity index (χ4v) is 0.877. The topological polar surface area (TPSA) is 17.2 Å². The second-order valence-electron chi connectivity index (χ2n) is 2.62. The minimum absolute atomic E-state index is 1.04. The normalized spacial score (nSPS) is 9.27.